The number of benzene rings is 1. The van der Waals surface area contributed by atoms with Crippen LogP contribution >= 0.6 is 11.8 Å². The minimum atomic E-state index is -0.590. The molecule has 1 aromatic carbocycles. The van der Waals surface area contributed by atoms with E-state index in [1.165, 1.54) is 0 Å². The Morgan fingerprint density at radius 3 is 2.78 bits per heavy atom. The van der Waals surface area contributed by atoms with Gasteiger partial charge in [-0.05, 0) is 49.9 Å². The first-order valence-corrected chi connectivity index (χ1v) is 13.7. The Morgan fingerprint density at radius 2 is 2.00 bits per heavy atom. The number of anilines is 5. The zero-order valence-electron chi connectivity index (χ0n) is 20.6. The number of hydrogen-bond acceptors (Lipinski definition) is 9. The number of halogens is 1. The lowest BCUT2D eigenvalue weighted by Gasteiger charge is -2.35. The summed E-state index contributed by atoms with van der Waals surface area (Å²) in [6.45, 7) is 3.62. The second-order valence-corrected chi connectivity index (χ2v) is 11.7. The molecule has 12 heteroatoms. The highest BCUT2D eigenvalue weighted by molar-refractivity contribution is 8.00. The van der Waals surface area contributed by atoms with E-state index in [9.17, 15) is 14.0 Å². The van der Waals surface area contributed by atoms with Crippen molar-refractivity contribution in [1.29, 1.82) is 0 Å². The van der Waals surface area contributed by atoms with Gasteiger partial charge in [-0.15, -0.1) is 11.8 Å². The van der Waals surface area contributed by atoms with Crippen LogP contribution in [0.1, 0.15) is 12.8 Å². The molecule has 2 amide bonds. The second kappa shape index (κ2) is 9.64. The first-order chi connectivity index (χ1) is 17.9. The van der Waals surface area contributed by atoms with Crippen molar-refractivity contribution in [3.63, 3.8) is 0 Å². The Hall–Kier alpha value is -3.12. The number of likely N-dealkylation sites (N-methyl/N-ethyl adjacent to an activating group) is 1. The van der Waals surface area contributed by atoms with Crippen molar-refractivity contribution >= 4 is 52.4 Å². The molecule has 2 aromatic rings. The van der Waals surface area contributed by atoms with Crippen LogP contribution in [0, 0.1) is 23.6 Å². The molecule has 2 saturated carbocycles. The van der Waals surface area contributed by atoms with Crippen molar-refractivity contribution in [2.24, 2.45) is 23.5 Å². The number of thioether (sulfide) groups is 1. The van der Waals surface area contributed by atoms with Gasteiger partial charge < -0.3 is 31.5 Å². The molecule has 196 valence electrons. The molecule has 0 unspecified atom stereocenters. The Labute approximate surface area is 218 Å². The third-order valence-electron chi connectivity index (χ3n) is 8.12. The number of piperazine rings is 1. The average Bonchev–Trinajstić information content (AvgIpc) is 3.44. The van der Waals surface area contributed by atoms with Gasteiger partial charge in [0.1, 0.15) is 0 Å². The van der Waals surface area contributed by atoms with Gasteiger partial charge in [-0.25, -0.2) is 9.37 Å². The maximum absolute atomic E-state index is 14.8. The molecule has 2 aliphatic heterocycles. The molecule has 6 bridgehead atoms. The lowest BCUT2D eigenvalue weighted by atomic mass is 9.83. The van der Waals surface area contributed by atoms with E-state index in [4.69, 9.17) is 5.73 Å². The van der Waals surface area contributed by atoms with E-state index in [0.29, 0.717) is 11.4 Å². The van der Waals surface area contributed by atoms with E-state index in [-0.39, 0.29) is 46.7 Å². The fraction of sp³-hybridized carbons (Fsp3) is 0.520. The van der Waals surface area contributed by atoms with Crippen LogP contribution in [0.4, 0.5) is 33.2 Å². The number of aromatic nitrogens is 2. The van der Waals surface area contributed by atoms with Crippen LogP contribution in [-0.2, 0) is 9.59 Å². The van der Waals surface area contributed by atoms with Gasteiger partial charge in [0.25, 0.3) is 0 Å². The summed E-state index contributed by atoms with van der Waals surface area (Å²) in [6.07, 6.45) is 2.75. The summed E-state index contributed by atoms with van der Waals surface area (Å²) in [6, 6.07) is 5.41. The molecule has 37 heavy (non-hydrogen) atoms. The molecule has 5 N–H and O–H groups in total. The normalized spacial score (nSPS) is 29.5. The van der Waals surface area contributed by atoms with Crippen LogP contribution in [0.15, 0.2) is 24.4 Å². The van der Waals surface area contributed by atoms with Gasteiger partial charge in [0, 0.05) is 43.2 Å². The summed E-state index contributed by atoms with van der Waals surface area (Å²) in [5.41, 5.74) is 8.12. The Kier molecular flexibility index (Phi) is 6.31. The number of rotatable bonds is 2. The maximum atomic E-state index is 14.8. The highest BCUT2D eigenvalue weighted by Crippen LogP contribution is 2.53. The Bertz CT molecular complexity index is 1220. The lowest BCUT2D eigenvalue weighted by molar-refractivity contribution is -0.123. The monoisotopic (exact) mass is 526 g/mol. The van der Waals surface area contributed by atoms with Crippen LogP contribution in [0.25, 0.3) is 0 Å². The maximum Gasteiger partial charge on any atom is 0.234 e. The number of nitrogens with two attached hydrogens (primary N) is 1. The van der Waals surface area contributed by atoms with E-state index < -0.39 is 11.7 Å². The molecule has 3 fully saturated rings. The third-order valence-corrected chi connectivity index (χ3v) is 9.52. The van der Waals surface area contributed by atoms with E-state index in [1.807, 2.05) is 18.2 Å². The molecule has 0 spiro atoms. The smallest absolute Gasteiger partial charge is 0.234 e. The zero-order chi connectivity index (χ0) is 25.7. The van der Waals surface area contributed by atoms with Gasteiger partial charge in [-0.2, -0.15) is 4.98 Å². The van der Waals surface area contributed by atoms with Crippen molar-refractivity contribution in [3.05, 3.63) is 30.2 Å². The van der Waals surface area contributed by atoms with Crippen molar-refractivity contribution in [1.82, 2.24) is 14.9 Å². The average molecular weight is 527 g/mol. The van der Waals surface area contributed by atoms with Crippen LogP contribution in [-0.4, -0.2) is 77.0 Å². The van der Waals surface area contributed by atoms with Crippen molar-refractivity contribution in [3.8, 4) is 0 Å². The number of carbonyl (C=O) groups excluding carboxylic acids is 2. The number of primary amides is 1. The minimum absolute atomic E-state index is 0.0448. The zero-order valence-corrected chi connectivity index (χ0v) is 21.4. The van der Waals surface area contributed by atoms with Crippen LogP contribution in [0.5, 0.6) is 0 Å². The molecule has 1 aromatic heterocycles. The standard InChI is InChI=1S/C25H31FN8O2S/c1-33-4-6-34(7-5-33)18-3-2-14-10-17(18)30-20(35)12-37-19-9-13-8-15(19)22(21(13)23(27)36)31-24-16(26)11-28-25(29-14)32-24/h2-3,10-11,13,15,19,21-22H,4-9,12H2,1H3,(H2,27,36)(H,30,35)(H2,28,29,31,32)/t13-,15-,19-,21+,22-/m1/s1. The molecule has 4 aliphatic rings. The molecule has 1 saturated heterocycles. The highest BCUT2D eigenvalue weighted by atomic mass is 32.2. The molecule has 0 radical (unpaired) electrons. The molecule has 2 aliphatic carbocycles. The van der Waals surface area contributed by atoms with Gasteiger partial charge in [-0.3, -0.25) is 9.59 Å². The summed E-state index contributed by atoms with van der Waals surface area (Å²) in [7, 11) is 2.11. The van der Waals surface area contributed by atoms with E-state index in [0.717, 1.165) is 56.6 Å². The van der Waals surface area contributed by atoms with Crippen LogP contribution in [0.2, 0.25) is 0 Å². The Morgan fingerprint density at radius 1 is 1.19 bits per heavy atom. The van der Waals surface area contributed by atoms with E-state index in [1.54, 1.807) is 11.8 Å². The molecule has 5 atom stereocenters. The largest absolute Gasteiger partial charge is 0.369 e. The summed E-state index contributed by atoms with van der Waals surface area (Å²) < 4.78 is 14.8. The van der Waals surface area contributed by atoms with Gasteiger partial charge >= 0.3 is 0 Å². The number of carbonyl (C=O) groups is 2. The number of amides is 2. The summed E-state index contributed by atoms with van der Waals surface area (Å²) >= 11 is 1.60. The number of hydrogen-bond donors (Lipinski definition) is 4. The van der Waals surface area contributed by atoms with Gasteiger partial charge in [0.2, 0.25) is 17.8 Å². The van der Waals surface area contributed by atoms with Gasteiger partial charge in [0.15, 0.2) is 11.6 Å². The molecule has 6 rings (SSSR count). The first-order valence-electron chi connectivity index (χ1n) is 12.7. The predicted molar refractivity (Wildman–Crippen MR) is 143 cm³/mol. The first kappa shape index (κ1) is 24.2. The van der Waals surface area contributed by atoms with Crippen LogP contribution < -0.4 is 26.6 Å². The molecular formula is C25H31FN8O2S. The Balaban J connectivity index is 1.35. The summed E-state index contributed by atoms with van der Waals surface area (Å²) in [4.78, 5) is 38.5. The quantitative estimate of drug-likeness (QED) is 0.465. The summed E-state index contributed by atoms with van der Waals surface area (Å²) in [5, 5.41) is 9.63. The lowest BCUT2D eigenvalue weighted by Crippen LogP contribution is -2.46. The third kappa shape index (κ3) is 4.68. The summed E-state index contributed by atoms with van der Waals surface area (Å²) in [5.74, 6) is -0.708. The van der Waals surface area contributed by atoms with E-state index in [2.05, 4.69) is 42.8 Å². The molecule has 3 heterocycles. The van der Waals surface area contributed by atoms with Gasteiger partial charge in [0.05, 0.1) is 29.2 Å². The minimum Gasteiger partial charge on any atom is -0.369 e. The van der Waals surface area contributed by atoms with Crippen molar-refractivity contribution in [2.75, 3.05) is 59.8 Å². The number of nitrogens with one attached hydrogen (secondary N) is 3. The number of nitrogens with zero attached hydrogens (tertiary/aromatic N) is 4. The van der Waals surface area contributed by atoms with Gasteiger partial charge in [-0.1, -0.05) is 0 Å². The highest BCUT2D eigenvalue weighted by Gasteiger charge is 2.55. The molecule has 10 nitrogen and oxygen atoms in total. The number of fused-ring (bicyclic) bond motifs is 5. The van der Waals surface area contributed by atoms with Crippen molar-refractivity contribution < 1.29 is 14.0 Å². The predicted octanol–water partition coefficient (Wildman–Crippen LogP) is 2.09. The second-order valence-electron chi connectivity index (χ2n) is 10.4. The SMILES string of the molecule is CN1CCN(c2ccc3cc2NC(=O)CS[C@@H]2C[C@H]4C[C@H]2[C@@H](Nc2nc(ncc2F)N3)[C@H]4C(N)=O)CC1. The molecular weight excluding hydrogens is 495 g/mol. The van der Waals surface area contributed by atoms with Crippen molar-refractivity contribution in [2.45, 2.75) is 24.1 Å². The van der Waals surface area contributed by atoms with E-state index >= 15 is 0 Å². The topological polar surface area (TPSA) is 129 Å². The fourth-order valence-electron chi connectivity index (χ4n) is 6.32. The van der Waals surface area contributed by atoms with Crippen LogP contribution in [0.3, 0.4) is 0 Å². The fourth-order valence-corrected chi connectivity index (χ4v) is 7.67.